The van der Waals surface area contributed by atoms with Gasteiger partial charge in [-0.05, 0) is 37.5 Å². The summed E-state index contributed by atoms with van der Waals surface area (Å²) < 4.78 is 5.75. The molecule has 1 aromatic rings. The van der Waals surface area contributed by atoms with Gasteiger partial charge in [-0.3, -0.25) is 0 Å². The lowest BCUT2D eigenvalue weighted by atomic mass is 10.0. The van der Waals surface area contributed by atoms with Crippen LogP contribution in [0.4, 0.5) is 0 Å². The molecule has 0 bridgehead atoms. The molecule has 0 radical (unpaired) electrons. The minimum atomic E-state index is -0.423. The number of nitrogens with zero attached hydrogens (tertiary/aromatic N) is 1. The smallest absolute Gasteiger partial charge is 0.120 e. The van der Waals surface area contributed by atoms with E-state index in [2.05, 4.69) is 32.0 Å². The van der Waals surface area contributed by atoms with Crippen molar-refractivity contribution in [2.45, 2.75) is 45.6 Å². The van der Waals surface area contributed by atoms with Crippen LogP contribution >= 0.6 is 0 Å². The molecule has 1 rings (SSSR count). The van der Waals surface area contributed by atoms with E-state index in [0.717, 1.165) is 5.75 Å². The molecule has 0 saturated carbocycles. The second kappa shape index (κ2) is 5.03. The van der Waals surface area contributed by atoms with Gasteiger partial charge in [-0.15, -0.1) is 0 Å². The largest absolute Gasteiger partial charge is 0.487 e. The Morgan fingerprint density at radius 1 is 1.25 bits per heavy atom. The first kappa shape index (κ1) is 12.6. The molecule has 0 fully saturated rings. The Labute approximate surface area is 97.9 Å². The number of hydrogen-bond donors (Lipinski definition) is 0. The lowest BCUT2D eigenvalue weighted by molar-refractivity contribution is 0.115. The standard InChI is InChI=1S/C14H19NO/c1-11(2)12-5-7-13(8-6-12)16-14(3,4)9-10-15/h5-8,11H,9H2,1-4H3. The summed E-state index contributed by atoms with van der Waals surface area (Å²) in [6.07, 6.45) is 0.388. The summed E-state index contributed by atoms with van der Waals surface area (Å²) in [6, 6.07) is 10.2. The fraction of sp³-hybridized carbons (Fsp3) is 0.500. The Morgan fingerprint density at radius 3 is 2.25 bits per heavy atom. The number of nitriles is 1. The lowest BCUT2D eigenvalue weighted by Crippen LogP contribution is -2.27. The van der Waals surface area contributed by atoms with Gasteiger partial charge in [-0.25, -0.2) is 0 Å². The molecule has 86 valence electrons. The molecule has 2 heteroatoms. The van der Waals surface area contributed by atoms with Crippen molar-refractivity contribution in [3.63, 3.8) is 0 Å². The number of hydrogen-bond acceptors (Lipinski definition) is 2. The summed E-state index contributed by atoms with van der Waals surface area (Å²) in [4.78, 5) is 0. The topological polar surface area (TPSA) is 33.0 Å². The molecule has 2 nitrogen and oxygen atoms in total. The van der Waals surface area contributed by atoms with Crippen LogP contribution < -0.4 is 4.74 Å². The lowest BCUT2D eigenvalue weighted by Gasteiger charge is -2.23. The minimum Gasteiger partial charge on any atom is -0.487 e. The van der Waals surface area contributed by atoms with Gasteiger partial charge in [0.2, 0.25) is 0 Å². The van der Waals surface area contributed by atoms with Crippen LogP contribution in [0.1, 0.15) is 45.6 Å². The molecule has 0 aliphatic heterocycles. The maximum atomic E-state index is 8.67. The van der Waals surface area contributed by atoms with Crippen LogP contribution in [0.15, 0.2) is 24.3 Å². The first-order chi connectivity index (χ1) is 7.44. The van der Waals surface area contributed by atoms with Crippen molar-refractivity contribution in [2.24, 2.45) is 0 Å². The highest BCUT2D eigenvalue weighted by Gasteiger charge is 2.19. The average Bonchev–Trinajstić information content (AvgIpc) is 2.17. The number of rotatable bonds is 4. The van der Waals surface area contributed by atoms with Crippen LogP contribution in [0.5, 0.6) is 5.75 Å². The van der Waals surface area contributed by atoms with Gasteiger partial charge in [0.15, 0.2) is 0 Å². The Balaban J connectivity index is 2.73. The van der Waals surface area contributed by atoms with Crippen molar-refractivity contribution in [1.82, 2.24) is 0 Å². The van der Waals surface area contributed by atoms with Gasteiger partial charge in [0.25, 0.3) is 0 Å². The summed E-state index contributed by atoms with van der Waals surface area (Å²) >= 11 is 0. The van der Waals surface area contributed by atoms with E-state index >= 15 is 0 Å². The Kier molecular flexibility index (Phi) is 3.95. The normalized spacial score (nSPS) is 11.2. The van der Waals surface area contributed by atoms with E-state index in [0.29, 0.717) is 12.3 Å². The Morgan fingerprint density at radius 2 is 1.81 bits per heavy atom. The quantitative estimate of drug-likeness (QED) is 0.766. The van der Waals surface area contributed by atoms with E-state index in [1.54, 1.807) is 0 Å². The first-order valence-corrected chi connectivity index (χ1v) is 5.60. The van der Waals surface area contributed by atoms with Gasteiger partial charge in [-0.1, -0.05) is 26.0 Å². The maximum absolute atomic E-state index is 8.67. The molecule has 0 heterocycles. The maximum Gasteiger partial charge on any atom is 0.120 e. The first-order valence-electron chi connectivity index (χ1n) is 5.60. The molecule has 0 spiro atoms. The molecule has 0 aliphatic rings. The second-order valence-electron chi connectivity index (χ2n) is 4.92. The van der Waals surface area contributed by atoms with E-state index in [1.807, 2.05) is 26.0 Å². The molecule has 0 aromatic heterocycles. The van der Waals surface area contributed by atoms with E-state index in [1.165, 1.54) is 5.56 Å². The third kappa shape index (κ3) is 3.58. The van der Waals surface area contributed by atoms with Crippen molar-refractivity contribution >= 4 is 0 Å². The van der Waals surface area contributed by atoms with Crippen molar-refractivity contribution in [3.05, 3.63) is 29.8 Å². The number of ether oxygens (including phenoxy) is 1. The van der Waals surface area contributed by atoms with Crippen LogP contribution in [0, 0.1) is 11.3 Å². The summed E-state index contributed by atoms with van der Waals surface area (Å²) in [5, 5.41) is 8.67. The fourth-order valence-corrected chi connectivity index (χ4v) is 1.47. The van der Waals surface area contributed by atoms with Gasteiger partial charge in [0, 0.05) is 0 Å². The molecular formula is C14H19NO. The van der Waals surface area contributed by atoms with Crippen molar-refractivity contribution in [1.29, 1.82) is 5.26 Å². The predicted octanol–water partition coefficient (Wildman–Crippen LogP) is 3.88. The molecule has 0 saturated heterocycles. The van der Waals surface area contributed by atoms with Crippen LogP contribution in [0.2, 0.25) is 0 Å². The van der Waals surface area contributed by atoms with Crippen LogP contribution in [-0.2, 0) is 0 Å². The predicted molar refractivity (Wildman–Crippen MR) is 65.5 cm³/mol. The summed E-state index contributed by atoms with van der Waals surface area (Å²) in [5.74, 6) is 1.35. The zero-order valence-corrected chi connectivity index (χ0v) is 10.4. The van der Waals surface area contributed by atoms with Crippen molar-refractivity contribution in [2.75, 3.05) is 0 Å². The van der Waals surface area contributed by atoms with Crippen LogP contribution in [0.3, 0.4) is 0 Å². The molecule has 0 amide bonds. The third-order valence-corrected chi connectivity index (χ3v) is 2.45. The highest BCUT2D eigenvalue weighted by Crippen LogP contribution is 2.23. The van der Waals surface area contributed by atoms with Gasteiger partial charge in [-0.2, -0.15) is 5.26 Å². The second-order valence-corrected chi connectivity index (χ2v) is 4.92. The van der Waals surface area contributed by atoms with Crippen molar-refractivity contribution < 1.29 is 4.74 Å². The summed E-state index contributed by atoms with van der Waals surface area (Å²) in [5.41, 5.74) is 0.874. The summed E-state index contributed by atoms with van der Waals surface area (Å²) in [7, 11) is 0. The van der Waals surface area contributed by atoms with E-state index in [4.69, 9.17) is 10.00 Å². The molecule has 16 heavy (non-hydrogen) atoms. The highest BCUT2D eigenvalue weighted by atomic mass is 16.5. The van der Waals surface area contributed by atoms with E-state index in [-0.39, 0.29) is 0 Å². The van der Waals surface area contributed by atoms with Gasteiger partial charge >= 0.3 is 0 Å². The molecule has 0 N–H and O–H groups in total. The molecular weight excluding hydrogens is 198 g/mol. The number of benzene rings is 1. The third-order valence-electron chi connectivity index (χ3n) is 2.45. The molecule has 1 aromatic carbocycles. The Bertz CT molecular complexity index is 371. The van der Waals surface area contributed by atoms with Gasteiger partial charge in [0.05, 0.1) is 12.5 Å². The molecule has 0 unspecified atom stereocenters. The fourth-order valence-electron chi connectivity index (χ4n) is 1.47. The molecule has 0 aliphatic carbocycles. The molecule has 0 atom stereocenters. The Hall–Kier alpha value is -1.49. The monoisotopic (exact) mass is 217 g/mol. The zero-order valence-electron chi connectivity index (χ0n) is 10.4. The highest BCUT2D eigenvalue weighted by molar-refractivity contribution is 5.29. The van der Waals surface area contributed by atoms with E-state index < -0.39 is 5.60 Å². The average molecular weight is 217 g/mol. The van der Waals surface area contributed by atoms with Gasteiger partial charge < -0.3 is 4.74 Å². The minimum absolute atomic E-state index is 0.388. The SMILES string of the molecule is CC(C)c1ccc(OC(C)(C)CC#N)cc1. The van der Waals surface area contributed by atoms with Crippen LogP contribution in [-0.4, -0.2) is 5.60 Å². The van der Waals surface area contributed by atoms with Crippen LogP contribution in [0.25, 0.3) is 0 Å². The van der Waals surface area contributed by atoms with Crippen molar-refractivity contribution in [3.8, 4) is 11.8 Å². The van der Waals surface area contributed by atoms with E-state index in [9.17, 15) is 0 Å². The zero-order chi connectivity index (χ0) is 12.2. The van der Waals surface area contributed by atoms with Gasteiger partial charge in [0.1, 0.15) is 11.4 Å². The summed E-state index contributed by atoms with van der Waals surface area (Å²) in [6.45, 7) is 8.17.